The van der Waals surface area contributed by atoms with Crippen molar-refractivity contribution in [2.45, 2.75) is 104 Å². The lowest BCUT2D eigenvalue weighted by Crippen LogP contribution is -2.25. The van der Waals surface area contributed by atoms with Gasteiger partial charge in [-0.2, -0.15) is 41.6 Å². The van der Waals surface area contributed by atoms with Crippen LogP contribution < -0.4 is 19.9 Å². The second-order valence-corrected chi connectivity index (χ2v) is 20.0. The van der Waals surface area contributed by atoms with Gasteiger partial charge in [-0.1, -0.05) is 63.9 Å². The normalized spacial score (nSPS) is 11.9. The molecule has 448 valence electrons. The summed E-state index contributed by atoms with van der Waals surface area (Å²) in [4.78, 5) is 6.29. The topological polar surface area (TPSA) is 159 Å². The van der Waals surface area contributed by atoms with E-state index >= 15 is 0 Å². The number of nitrogens with two attached hydrogens (primary N) is 1. The highest BCUT2D eigenvalue weighted by atomic mass is 19.4. The van der Waals surface area contributed by atoms with Crippen LogP contribution in [0, 0.1) is 0 Å². The Balaban J connectivity index is 0.000000226. The van der Waals surface area contributed by atoms with E-state index in [0.717, 1.165) is 80.5 Å². The number of methoxy groups -OCH3 is 1. The molecule has 0 atom stereocenters. The third-order valence-electron chi connectivity index (χ3n) is 12.8. The van der Waals surface area contributed by atoms with Gasteiger partial charge in [-0.15, -0.1) is 0 Å². The molecule has 0 amide bonds. The molecule has 0 fully saturated rings. The van der Waals surface area contributed by atoms with Gasteiger partial charge in [0.05, 0.1) is 60.0 Å². The van der Waals surface area contributed by atoms with Crippen LogP contribution >= 0.6 is 0 Å². The van der Waals surface area contributed by atoms with E-state index in [9.17, 15) is 35.1 Å². The summed E-state index contributed by atoms with van der Waals surface area (Å²) >= 11 is 0. The van der Waals surface area contributed by atoms with Gasteiger partial charge in [0.15, 0.2) is 0 Å². The van der Waals surface area contributed by atoms with Crippen molar-refractivity contribution in [2.75, 3.05) is 74.3 Å². The molecular formula is C60H78F8N10O4. The first-order chi connectivity index (χ1) is 39.1. The molecule has 0 radical (unpaired) electrons. The zero-order chi connectivity index (χ0) is 59.9. The summed E-state index contributed by atoms with van der Waals surface area (Å²) in [7, 11) is 7.54. The van der Waals surface area contributed by atoms with E-state index in [-0.39, 0.29) is 23.7 Å². The Morgan fingerprint density at radius 1 is 0.512 bits per heavy atom. The van der Waals surface area contributed by atoms with E-state index in [1.165, 1.54) is 30.5 Å². The van der Waals surface area contributed by atoms with E-state index in [1.54, 1.807) is 68.0 Å². The summed E-state index contributed by atoms with van der Waals surface area (Å²) in [5.74, 6) is -2.56. The Morgan fingerprint density at radius 2 is 1.00 bits per heavy atom. The lowest BCUT2D eigenvalue weighted by molar-refractivity contribution is -0.139. The fraction of sp³-hybridized carbons (Fsp3) is 0.450. The van der Waals surface area contributed by atoms with Gasteiger partial charge < -0.3 is 34.5 Å². The van der Waals surface area contributed by atoms with Gasteiger partial charge in [0.2, 0.25) is 0 Å². The van der Waals surface area contributed by atoms with Crippen LogP contribution in [0.3, 0.4) is 0 Å². The second-order valence-electron chi connectivity index (χ2n) is 20.0. The number of likely N-dealkylation sites (N-methyl/N-ethyl adjacent to an activating group) is 1. The molecule has 0 aliphatic heterocycles. The van der Waals surface area contributed by atoms with Crippen LogP contribution in [0.1, 0.15) is 100.0 Å². The van der Waals surface area contributed by atoms with Crippen LogP contribution in [-0.4, -0.2) is 120 Å². The number of hydrogen-bond acceptors (Lipinski definition) is 11. The van der Waals surface area contributed by atoms with Gasteiger partial charge in [-0.05, 0) is 125 Å². The molecule has 0 saturated heterocycles. The van der Waals surface area contributed by atoms with E-state index < -0.39 is 29.4 Å². The number of hydrogen-bond donors (Lipinski definition) is 4. The van der Waals surface area contributed by atoms with Crippen LogP contribution in [0.4, 0.5) is 35.1 Å². The molecule has 0 saturated carbocycles. The zero-order valence-corrected chi connectivity index (χ0v) is 48.0. The third kappa shape index (κ3) is 20.5. The molecule has 5 N–H and O–H groups in total. The number of para-hydroxylation sites is 1. The number of unbranched alkanes of at least 4 members (excludes halogenated alkanes) is 2. The van der Waals surface area contributed by atoms with Gasteiger partial charge >= 0.3 is 12.4 Å². The highest BCUT2D eigenvalue weighted by Gasteiger charge is 2.36. The number of aromatic amines is 3. The summed E-state index contributed by atoms with van der Waals surface area (Å²) in [5, 5.41) is 21.0. The Kier molecular flexibility index (Phi) is 25.8. The monoisotopic (exact) mass is 1150 g/mol. The number of H-pyrrole nitrogens is 3. The first kappa shape index (κ1) is 66.0. The lowest BCUT2D eigenvalue weighted by Gasteiger charge is -2.18. The van der Waals surface area contributed by atoms with Gasteiger partial charge in [0.25, 0.3) is 5.92 Å². The highest BCUT2D eigenvalue weighted by Crippen LogP contribution is 2.42. The molecule has 0 unspecified atom stereocenters. The molecule has 0 aliphatic carbocycles. The zero-order valence-electron chi connectivity index (χ0n) is 48.0. The fourth-order valence-electron chi connectivity index (χ4n) is 8.54. The Hall–Kier alpha value is -6.85. The number of rotatable bonds is 28. The predicted octanol–water partition coefficient (Wildman–Crippen LogP) is 14.2. The summed E-state index contributed by atoms with van der Waals surface area (Å²) in [6, 6.07) is 21.3. The molecule has 0 spiro atoms. The number of aromatic nitrogens is 6. The molecule has 7 aromatic rings. The maximum Gasteiger partial charge on any atom is 0.420 e. The average Bonchev–Trinajstić information content (AvgIpc) is 4.37. The van der Waals surface area contributed by atoms with Crippen molar-refractivity contribution >= 4 is 0 Å². The molecule has 0 aliphatic rings. The molecule has 3 aromatic heterocycles. The summed E-state index contributed by atoms with van der Waals surface area (Å²) in [5.41, 5.74) is 10.00. The lowest BCUT2D eigenvalue weighted by atomic mass is 10.00. The Labute approximate surface area is 475 Å². The number of alkyl halides is 8. The van der Waals surface area contributed by atoms with Crippen LogP contribution in [0.5, 0.6) is 23.0 Å². The first-order valence-corrected chi connectivity index (χ1v) is 27.4. The predicted molar refractivity (Wildman–Crippen MR) is 304 cm³/mol. The minimum Gasteiger partial charge on any atom is -0.493 e. The number of nitrogens with one attached hydrogen (secondary N) is 3. The number of benzene rings is 4. The van der Waals surface area contributed by atoms with E-state index in [2.05, 4.69) is 54.2 Å². The summed E-state index contributed by atoms with van der Waals surface area (Å²) in [6.07, 6.45) is 1.49. The van der Waals surface area contributed by atoms with Gasteiger partial charge in [-0.3, -0.25) is 20.2 Å². The second kappa shape index (κ2) is 32.1. The molecule has 82 heavy (non-hydrogen) atoms. The van der Waals surface area contributed by atoms with E-state index in [0.29, 0.717) is 98.1 Å². The quantitative estimate of drug-likeness (QED) is 0.0273. The molecule has 0 bridgehead atoms. The Morgan fingerprint density at radius 3 is 1.46 bits per heavy atom. The maximum atomic E-state index is 14.0. The van der Waals surface area contributed by atoms with Crippen molar-refractivity contribution in [3.05, 3.63) is 137 Å². The number of ether oxygens (including phenoxy) is 4. The SMILES string of the molecule is CCCCN(C)Cc1[nH]ncc1-c1cc(OCCCOC)cc(C(C)(F)F)c1.CCCCN(C)Cc1[nH]ncc1-c1ccc(OCCC)c(C(F)(F)F)c1.CN(CCN)Cc1[nH]ncc1-c1ccc(Oc2ccccc2)c(C(F)(F)F)c1. The molecular weight excluding hydrogens is 1080 g/mol. The highest BCUT2D eigenvalue weighted by molar-refractivity contribution is 5.70. The first-order valence-electron chi connectivity index (χ1n) is 27.4. The van der Waals surface area contributed by atoms with Gasteiger partial charge in [0.1, 0.15) is 23.0 Å². The molecule has 7 rings (SSSR count). The number of halogens is 8. The fourth-order valence-corrected chi connectivity index (χ4v) is 8.54. The van der Waals surface area contributed by atoms with Crippen LogP contribution in [0.15, 0.2) is 104 Å². The standard InChI is InChI=1S/C21H31F2N3O2.C20H21F3N4O.C19H26F3N3O/c1-5-6-8-26(3)15-20-19(14-24-25-20)16-11-17(21(2,22)23)13-18(12-16)28-10-7-9-27-4;1-27(10-9-24)13-18-16(12-25-26-18)14-7-8-19(17(11-14)20(21,22)23)28-15-5-3-2-4-6-15;1-4-6-9-25(3)13-17-15(12-23-24-17)14-7-8-18(26-10-5-2)16(11-14)19(20,21)22/h11-14H,5-10,15H2,1-4H3,(H,24,25);2-8,11-12H,9-10,13,24H2,1H3,(H,25,26);7-8,11-12H,4-6,9-10,13H2,1-3H3,(H,23,24). The minimum atomic E-state index is -4.56. The number of nitrogens with zero attached hydrogens (tertiary/aromatic N) is 6. The minimum absolute atomic E-state index is 0.0711. The van der Waals surface area contributed by atoms with Crippen LogP contribution in [0.25, 0.3) is 33.4 Å². The maximum absolute atomic E-state index is 14.0. The van der Waals surface area contributed by atoms with Gasteiger partial charge in [-0.25, -0.2) is 8.78 Å². The largest absolute Gasteiger partial charge is 0.493 e. The van der Waals surface area contributed by atoms with Gasteiger partial charge in [0, 0.05) is 82.0 Å². The molecule has 3 heterocycles. The van der Waals surface area contributed by atoms with Crippen molar-refractivity contribution in [2.24, 2.45) is 5.73 Å². The average molecular weight is 1160 g/mol. The molecule has 22 heteroatoms. The van der Waals surface area contributed by atoms with Crippen molar-refractivity contribution < 1.29 is 54.1 Å². The third-order valence-corrected chi connectivity index (χ3v) is 12.8. The molecule has 4 aromatic carbocycles. The molecule has 14 nitrogen and oxygen atoms in total. The Bertz CT molecular complexity index is 2960. The van der Waals surface area contributed by atoms with Crippen molar-refractivity contribution in [1.29, 1.82) is 0 Å². The summed E-state index contributed by atoms with van der Waals surface area (Å²) < 4.78 is 131. The van der Waals surface area contributed by atoms with Crippen molar-refractivity contribution in [1.82, 2.24) is 45.3 Å². The van der Waals surface area contributed by atoms with Crippen LogP contribution in [-0.2, 0) is 42.6 Å². The van der Waals surface area contributed by atoms with Crippen molar-refractivity contribution in [3.8, 4) is 56.4 Å². The van der Waals surface area contributed by atoms with E-state index in [4.69, 9.17) is 24.7 Å². The summed E-state index contributed by atoms with van der Waals surface area (Å²) in [6.45, 7) is 13.1. The van der Waals surface area contributed by atoms with E-state index in [1.807, 2.05) is 33.0 Å². The van der Waals surface area contributed by atoms with Crippen LogP contribution in [0.2, 0.25) is 0 Å². The van der Waals surface area contributed by atoms with Crippen molar-refractivity contribution in [3.63, 3.8) is 0 Å². The smallest absolute Gasteiger partial charge is 0.420 e.